The van der Waals surface area contributed by atoms with Crippen LogP contribution < -0.4 is 10.2 Å². The fraction of sp³-hybridized carbons (Fsp3) is 0.625. The number of hydrogen-bond acceptors (Lipinski definition) is 3. The SMILES string of the molecule is CNC(C)c1cc(F)c(C)cc1N1CCC(C)C1CO. The molecule has 1 aliphatic heterocycles. The average molecular weight is 280 g/mol. The van der Waals surface area contributed by atoms with Crippen molar-refractivity contribution in [2.24, 2.45) is 5.92 Å². The molecule has 1 aliphatic rings. The van der Waals surface area contributed by atoms with E-state index < -0.39 is 0 Å². The van der Waals surface area contributed by atoms with Crippen molar-refractivity contribution in [2.75, 3.05) is 25.1 Å². The van der Waals surface area contributed by atoms with Crippen LogP contribution in [0.4, 0.5) is 10.1 Å². The van der Waals surface area contributed by atoms with Gasteiger partial charge in [0.1, 0.15) is 5.82 Å². The van der Waals surface area contributed by atoms with E-state index in [1.165, 1.54) is 0 Å². The minimum Gasteiger partial charge on any atom is -0.394 e. The zero-order valence-corrected chi connectivity index (χ0v) is 12.8. The summed E-state index contributed by atoms with van der Waals surface area (Å²) in [5.41, 5.74) is 2.67. The molecule has 0 spiro atoms. The zero-order chi connectivity index (χ0) is 14.9. The topological polar surface area (TPSA) is 35.5 Å². The normalized spacial score (nSPS) is 24.2. The van der Waals surface area contributed by atoms with Crippen molar-refractivity contribution in [3.05, 3.63) is 29.1 Å². The van der Waals surface area contributed by atoms with E-state index in [0.29, 0.717) is 11.5 Å². The van der Waals surface area contributed by atoms with Gasteiger partial charge in [-0.05, 0) is 56.5 Å². The lowest BCUT2D eigenvalue weighted by Crippen LogP contribution is -2.36. The van der Waals surface area contributed by atoms with Gasteiger partial charge in [0.2, 0.25) is 0 Å². The maximum atomic E-state index is 13.9. The largest absolute Gasteiger partial charge is 0.394 e. The zero-order valence-electron chi connectivity index (χ0n) is 12.8. The lowest BCUT2D eigenvalue weighted by Gasteiger charge is -2.31. The molecule has 0 aliphatic carbocycles. The molecule has 1 aromatic rings. The van der Waals surface area contributed by atoms with Crippen molar-refractivity contribution >= 4 is 5.69 Å². The molecular weight excluding hydrogens is 255 g/mol. The Morgan fingerprint density at radius 2 is 2.20 bits per heavy atom. The van der Waals surface area contributed by atoms with Crippen LogP contribution in [0.25, 0.3) is 0 Å². The first-order valence-corrected chi connectivity index (χ1v) is 7.34. The number of aryl methyl sites for hydroxylation is 1. The summed E-state index contributed by atoms with van der Waals surface area (Å²) in [5.74, 6) is 0.293. The Morgan fingerprint density at radius 3 is 2.80 bits per heavy atom. The molecule has 0 saturated carbocycles. The number of nitrogens with zero attached hydrogens (tertiary/aromatic N) is 1. The number of rotatable bonds is 4. The summed E-state index contributed by atoms with van der Waals surface area (Å²) in [6.45, 7) is 7.05. The summed E-state index contributed by atoms with van der Waals surface area (Å²) < 4.78 is 13.9. The maximum Gasteiger partial charge on any atom is 0.126 e. The van der Waals surface area contributed by atoms with Crippen LogP contribution in [0.5, 0.6) is 0 Å². The number of aliphatic hydroxyl groups excluding tert-OH is 1. The van der Waals surface area contributed by atoms with Crippen LogP contribution in [-0.4, -0.2) is 31.3 Å². The Balaban J connectivity index is 2.46. The van der Waals surface area contributed by atoms with Crippen LogP contribution in [0.15, 0.2) is 12.1 Å². The second-order valence-electron chi connectivity index (χ2n) is 5.88. The van der Waals surface area contributed by atoms with E-state index in [1.54, 1.807) is 13.0 Å². The van der Waals surface area contributed by atoms with Gasteiger partial charge in [-0.25, -0.2) is 4.39 Å². The first-order chi connectivity index (χ1) is 9.49. The summed E-state index contributed by atoms with van der Waals surface area (Å²) in [6.07, 6.45) is 1.06. The standard InChI is InChI=1S/C16H25FN2O/c1-10-5-6-19(16(10)9-20)15-7-11(2)14(17)8-13(15)12(3)18-4/h7-8,10,12,16,18,20H,5-6,9H2,1-4H3. The van der Waals surface area contributed by atoms with Gasteiger partial charge in [-0.15, -0.1) is 0 Å². The van der Waals surface area contributed by atoms with Crippen LogP contribution >= 0.6 is 0 Å². The van der Waals surface area contributed by atoms with Crippen molar-refractivity contribution in [3.63, 3.8) is 0 Å². The number of aliphatic hydroxyl groups is 1. The van der Waals surface area contributed by atoms with E-state index in [-0.39, 0.29) is 24.5 Å². The summed E-state index contributed by atoms with van der Waals surface area (Å²) in [4.78, 5) is 2.24. The third kappa shape index (κ3) is 2.67. The van der Waals surface area contributed by atoms with Crippen molar-refractivity contribution in [1.82, 2.24) is 5.32 Å². The number of benzene rings is 1. The molecule has 1 fully saturated rings. The quantitative estimate of drug-likeness (QED) is 0.890. The molecule has 0 bridgehead atoms. The van der Waals surface area contributed by atoms with E-state index in [1.807, 2.05) is 20.0 Å². The minimum atomic E-state index is -0.168. The molecule has 2 rings (SSSR count). The fourth-order valence-electron chi connectivity index (χ4n) is 3.02. The molecule has 20 heavy (non-hydrogen) atoms. The summed E-state index contributed by atoms with van der Waals surface area (Å²) in [7, 11) is 1.88. The van der Waals surface area contributed by atoms with Crippen LogP contribution in [0, 0.1) is 18.7 Å². The van der Waals surface area contributed by atoms with E-state index in [0.717, 1.165) is 24.2 Å². The lowest BCUT2D eigenvalue weighted by atomic mass is 10.00. The molecule has 3 unspecified atom stereocenters. The van der Waals surface area contributed by atoms with Crippen LogP contribution in [0.3, 0.4) is 0 Å². The number of hydrogen-bond donors (Lipinski definition) is 2. The highest BCUT2D eigenvalue weighted by Gasteiger charge is 2.32. The Labute approximate surface area is 120 Å². The molecule has 4 heteroatoms. The molecule has 112 valence electrons. The van der Waals surface area contributed by atoms with Gasteiger partial charge in [0.15, 0.2) is 0 Å². The van der Waals surface area contributed by atoms with Crippen molar-refractivity contribution < 1.29 is 9.50 Å². The van der Waals surface area contributed by atoms with Gasteiger partial charge in [0.25, 0.3) is 0 Å². The molecule has 3 atom stereocenters. The highest BCUT2D eigenvalue weighted by Crippen LogP contribution is 2.35. The summed E-state index contributed by atoms with van der Waals surface area (Å²) in [5, 5.41) is 12.8. The predicted molar refractivity (Wildman–Crippen MR) is 80.6 cm³/mol. The number of nitrogens with one attached hydrogen (secondary N) is 1. The number of anilines is 1. The molecular formula is C16H25FN2O. The first kappa shape index (κ1) is 15.3. The monoisotopic (exact) mass is 280 g/mol. The van der Waals surface area contributed by atoms with Crippen LogP contribution in [0.1, 0.15) is 37.4 Å². The van der Waals surface area contributed by atoms with Gasteiger partial charge in [-0.3, -0.25) is 0 Å². The highest BCUT2D eigenvalue weighted by molar-refractivity contribution is 5.58. The second-order valence-corrected chi connectivity index (χ2v) is 5.88. The molecule has 0 aromatic heterocycles. The second kappa shape index (κ2) is 6.10. The molecule has 1 saturated heterocycles. The first-order valence-electron chi connectivity index (χ1n) is 7.34. The molecule has 0 amide bonds. The lowest BCUT2D eigenvalue weighted by molar-refractivity contribution is 0.244. The van der Waals surface area contributed by atoms with Gasteiger partial charge < -0.3 is 15.3 Å². The highest BCUT2D eigenvalue weighted by atomic mass is 19.1. The Morgan fingerprint density at radius 1 is 1.50 bits per heavy atom. The number of halogens is 1. The third-order valence-corrected chi connectivity index (χ3v) is 4.59. The van der Waals surface area contributed by atoms with E-state index in [2.05, 4.69) is 17.1 Å². The molecule has 0 radical (unpaired) electrons. The van der Waals surface area contributed by atoms with Gasteiger partial charge >= 0.3 is 0 Å². The average Bonchev–Trinajstić information content (AvgIpc) is 2.81. The van der Waals surface area contributed by atoms with Gasteiger partial charge in [-0.2, -0.15) is 0 Å². The van der Waals surface area contributed by atoms with Crippen molar-refractivity contribution in [1.29, 1.82) is 0 Å². The molecule has 1 heterocycles. The smallest absolute Gasteiger partial charge is 0.126 e. The van der Waals surface area contributed by atoms with Crippen molar-refractivity contribution in [3.8, 4) is 0 Å². The maximum absolute atomic E-state index is 13.9. The molecule has 3 nitrogen and oxygen atoms in total. The van der Waals surface area contributed by atoms with Crippen LogP contribution in [0.2, 0.25) is 0 Å². The van der Waals surface area contributed by atoms with E-state index in [4.69, 9.17) is 0 Å². The van der Waals surface area contributed by atoms with Gasteiger partial charge in [-0.1, -0.05) is 6.92 Å². The molecule has 1 aromatic carbocycles. The van der Waals surface area contributed by atoms with E-state index in [9.17, 15) is 9.50 Å². The van der Waals surface area contributed by atoms with Gasteiger partial charge in [0.05, 0.1) is 12.6 Å². The Bertz CT molecular complexity index is 478. The summed E-state index contributed by atoms with van der Waals surface area (Å²) in [6, 6.07) is 3.75. The fourth-order valence-corrected chi connectivity index (χ4v) is 3.02. The third-order valence-electron chi connectivity index (χ3n) is 4.59. The van der Waals surface area contributed by atoms with Crippen molar-refractivity contribution in [2.45, 2.75) is 39.3 Å². The molecule has 2 N–H and O–H groups in total. The predicted octanol–water partition coefficient (Wildman–Crippen LogP) is 2.62. The summed E-state index contributed by atoms with van der Waals surface area (Å²) >= 11 is 0. The van der Waals surface area contributed by atoms with Gasteiger partial charge in [0, 0.05) is 18.3 Å². The Hall–Kier alpha value is -1.13. The van der Waals surface area contributed by atoms with E-state index >= 15 is 0 Å². The Kier molecular flexibility index (Phi) is 4.66. The minimum absolute atomic E-state index is 0.0790. The van der Waals surface area contributed by atoms with Crippen LogP contribution in [-0.2, 0) is 0 Å².